The highest BCUT2D eigenvalue weighted by Gasteiger charge is 2.19. The SMILES string of the molecule is CCOc1ccccc1OCC(=O)OC(C)C(=O)c1ccccc1. The zero-order chi connectivity index (χ0) is 17.4. The van der Waals surface area contributed by atoms with E-state index >= 15 is 0 Å². The molecule has 2 aromatic rings. The van der Waals surface area contributed by atoms with Crippen LogP contribution in [0.4, 0.5) is 0 Å². The second-order valence-corrected chi connectivity index (χ2v) is 5.03. The molecule has 2 aromatic carbocycles. The molecular formula is C19H20O5. The van der Waals surface area contributed by atoms with E-state index in [1.807, 2.05) is 19.1 Å². The minimum atomic E-state index is -0.870. The number of carbonyl (C=O) groups excluding carboxylic acids is 2. The van der Waals surface area contributed by atoms with Crippen LogP contribution in [0.5, 0.6) is 11.5 Å². The van der Waals surface area contributed by atoms with Gasteiger partial charge in [-0.25, -0.2) is 4.79 Å². The van der Waals surface area contributed by atoms with Crippen molar-refractivity contribution in [1.82, 2.24) is 0 Å². The number of benzene rings is 2. The van der Waals surface area contributed by atoms with Gasteiger partial charge in [0.1, 0.15) is 0 Å². The third-order valence-electron chi connectivity index (χ3n) is 3.23. The first kappa shape index (κ1) is 17.5. The highest BCUT2D eigenvalue weighted by Crippen LogP contribution is 2.26. The number of ether oxygens (including phenoxy) is 3. The number of hydrogen-bond acceptors (Lipinski definition) is 5. The van der Waals surface area contributed by atoms with Crippen molar-refractivity contribution in [2.75, 3.05) is 13.2 Å². The van der Waals surface area contributed by atoms with E-state index in [0.717, 1.165) is 0 Å². The van der Waals surface area contributed by atoms with Gasteiger partial charge >= 0.3 is 5.97 Å². The quantitative estimate of drug-likeness (QED) is 0.550. The fraction of sp³-hybridized carbons (Fsp3) is 0.263. The lowest BCUT2D eigenvalue weighted by molar-refractivity contribution is -0.148. The molecule has 0 spiro atoms. The van der Waals surface area contributed by atoms with Gasteiger partial charge in [0, 0.05) is 5.56 Å². The highest BCUT2D eigenvalue weighted by molar-refractivity contribution is 6.00. The highest BCUT2D eigenvalue weighted by atomic mass is 16.6. The fourth-order valence-corrected chi connectivity index (χ4v) is 2.10. The number of esters is 1. The van der Waals surface area contributed by atoms with Crippen LogP contribution in [0.2, 0.25) is 0 Å². The average Bonchev–Trinajstić information content (AvgIpc) is 2.61. The first-order chi connectivity index (χ1) is 11.6. The Hall–Kier alpha value is -2.82. The van der Waals surface area contributed by atoms with E-state index < -0.39 is 12.1 Å². The second-order valence-electron chi connectivity index (χ2n) is 5.03. The Morgan fingerprint density at radius 1 is 0.917 bits per heavy atom. The molecule has 0 saturated heterocycles. The summed E-state index contributed by atoms with van der Waals surface area (Å²) in [4.78, 5) is 24.0. The van der Waals surface area contributed by atoms with Crippen molar-refractivity contribution in [3.63, 3.8) is 0 Å². The van der Waals surface area contributed by atoms with Crippen molar-refractivity contribution in [3.8, 4) is 11.5 Å². The van der Waals surface area contributed by atoms with Crippen LogP contribution in [0, 0.1) is 0 Å². The van der Waals surface area contributed by atoms with E-state index in [0.29, 0.717) is 23.7 Å². The first-order valence-electron chi connectivity index (χ1n) is 7.75. The van der Waals surface area contributed by atoms with Crippen LogP contribution in [-0.4, -0.2) is 31.1 Å². The first-order valence-corrected chi connectivity index (χ1v) is 7.75. The maximum Gasteiger partial charge on any atom is 0.344 e. The molecular weight excluding hydrogens is 308 g/mol. The van der Waals surface area contributed by atoms with E-state index in [1.54, 1.807) is 49.4 Å². The molecule has 0 aliphatic heterocycles. The van der Waals surface area contributed by atoms with Crippen molar-refractivity contribution in [2.45, 2.75) is 20.0 Å². The summed E-state index contributed by atoms with van der Waals surface area (Å²) in [5.41, 5.74) is 0.500. The van der Waals surface area contributed by atoms with Crippen molar-refractivity contribution in [1.29, 1.82) is 0 Å². The maximum atomic E-state index is 12.2. The number of ketones is 1. The van der Waals surface area contributed by atoms with Crippen molar-refractivity contribution < 1.29 is 23.8 Å². The summed E-state index contributed by atoms with van der Waals surface area (Å²) in [5, 5.41) is 0. The topological polar surface area (TPSA) is 61.8 Å². The summed E-state index contributed by atoms with van der Waals surface area (Å²) in [6, 6.07) is 15.8. The molecule has 0 amide bonds. The van der Waals surface area contributed by atoms with Gasteiger partial charge in [0.25, 0.3) is 0 Å². The van der Waals surface area contributed by atoms with Gasteiger partial charge in [-0.1, -0.05) is 42.5 Å². The van der Waals surface area contributed by atoms with Crippen LogP contribution in [-0.2, 0) is 9.53 Å². The Bertz CT molecular complexity index is 681. The molecule has 0 radical (unpaired) electrons. The Morgan fingerprint density at radius 3 is 2.12 bits per heavy atom. The van der Waals surface area contributed by atoms with E-state index in [-0.39, 0.29) is 12.4 Å². The predicted molar refractivity (Wildman–Crippen MR) is 89.4 cm³/mol. The van der Waals surface area contributed by atoms with Crippen molar-refractivity contribution >= 4 is 11.8 Å². The number of Topliss-reactive ketones (excluding diaryl/α,β-unsaturated/α-hetero) is 1. The molecule has 0 saturated carbocycles. The summed E-state index contributed by atoms with van der Waals surface area (Å²) in [7, 11) is 0. The lowest BCUT2D eigenvalue weighted by atomic mass is 10.1. The summed E-state index contributed by atoms with van der Waals surface area (Å²) in [6.45, 7) is 3.60. The van der Waals surface area contributed by atoms with Gasteiger partial charge in [0.05, 0.1) is 6.61 Å². The lowest BCUT2D eigenvalue weighted by Crippen LogP contribution is -2.27. The van der Waals surface area contributed by atoms with Gasteiger partial charge in [-0.2, -0.15) is 0 Å². The minimum absolute atomic E-state index is 0.251. The Balaban J connectivity index is 1.88. The average molecular weight is 328 g/mol. The van der Waals surface area contributed by atoms with Crippen LogP contribution >= 0.6 is 0 Å². The molecule has 0 N–H and O–H groups in total. The standard InChI is InChI=1S/C19H20O5/c1-3-22-16-11-7-8-12-17(16)23-13-18(20)24-14(2)19(21)15-9-5-4-6-10-15/h4-12,14H,3,13H2,1-2H3. The van der Waals surface area contributed by atoms with E-state index in [1.165, 1.54) is 0 Å². The number of hydrogen-bond donors (Lipinski definition) is 0. The lowest BCUT2D eigenvalue weighted by Gasteiger charge is -2.14. The Labute approximate surface area is 141 Å². The molecule has 5 heteroatoms. The van der Waals surface area contributed by atoms with Crippen molar-refractivity contribution in [2.24, 2.45) is 0 Å². The van der Waals surface area contributed by atoms with Gasteiger partial charge in [-0.15, -0.1) is 0 Å². The molecule has 0 fully saturated rings. The Morgan fingerprint density at radius 2 is 1.50 bits per heavy atom. The zero-order valence-corrected chi connectivity index (χ0v) is 13.7. The molecule has 5 nitrogen and oxygen atoms in total. The number of para-hydroxylation sites is 2. The third kappa shape index (κ3) is 4.84. The van der Waals surface area contributed by atoms with Crippen molar-refractivity contribution in [3.05, 3.63) is 60.2 Å². The molecule has 0 heterocycles. The maximum absolute atomic E-state index is 12.2. The summed E-state index contributed by atoms with van der Waals surface area (Å²) >= 11 is 0. The molecule has 0 aliphatic carbocycles. The van der Waals surface area contributed by atoms with E-state index in [2.05, 4.69) is 0 Å². The van der Waals surface area contributed by atoms with Crippen LogP contribution in [0.3, 0.4) is 0 Å². The van der Waals surface area contributed by atoms with Crippen LogP contribution in [0.25, 0.3) is 0 Å². The fourth-order valence-electron chi connectivity index (χ4n) is 2.10. The molecule has 1 atom stereocenters. The van der Waals surface area contributed by atoms with Gasteiger partial charge < -0.3 is 14.2 Å². The molecule has 2 rings (SSSR count). The monoisotopic (exact) mass is 328 g/mol. The third-order valence-corrected chi connectivity index (χ3v) is 3.23. The van der Waals surface area contributed by atoms with E-state index in [9.17, 15) is 9.59 Å². The van der Waals surface area contributed by atoms with Gasteiger partial charge in [0.15, 0.2) is 24.2 Å². The normalized spacial score (nSPS) is 11.4. The van der Waals surface area contributed by atoms with Crippen LogP contribution in [0.1, 0.15) is 24.2 Å². The van der Waals surface area contributed by atoms with Gasteiger partial charge in [-0.3, -0.25) is 4.79 Å². The van der Waals surface area contributed by atoms with Crippen LogP contribution < -0.4 is 9.47 Å². The summed E-state index contributed by atoms with van der Waals surface area (Å²) < 4.78 is 16.0. The predicted octanol–water partition coefficient (Wildman–Crippen LogP) is 3.28. The minimum Gasteiger partial charge on any atom is -0.490 e. The molecule has 24 heavy (non-hydrogen) atoms. The summed E-state index contributed by atoms with van der Waals surface area (Å²) in [6.07, 6.45) is -0.870. The van der Waals surface area contributed by atoms with Gasteiger partial charge in [-0.05, 0) is 26.0 Å². The smallest absolute Gasteiger partial charge is 0.344 e. The molecule has 126 valence electrons. The van der Waals surface area contributed by atoms with E-state index in [4.69, 9.17) is 14.2 Å². The van der Waals surface area contributed by atoms with Crippen LogP contribution in [0.15, 0.2) is 54.6 Å². The largest absolute Gasteiger partial charge is 0.490 e. The molecule has 0 bridgehead atoms. The summed E-state index contributed by atoms with van der Waals surface area (Å²) in [5.74, 6) is 0.149. The number of carbonyl (C=O) groups is 2. The molecule has 0 aliphatic rings. The zero-order valence-electron chi connectivity index (χ0n) is 13.7. The Kier molecular flexibility index (Phi) is 6.37. The number of rotatable bonds is 8. The molecule has 1 unspecified atom stereocenters. The van der Waals surface area contributed by atoms with Gasteiger partial charge in [0.2, 0.25) is 5.78 Å². The second kappa shape index (κ2) is 8.72. The molecule has 0 aromatic heterocycles.